The highest BCUT2D eigenvalue weighted by atomic mass is 15.1. The highest BCUT2D eigenvalue weighted by Gasteiger charge is 2.42. The van der Waals surface area contributed by atoms with Crippen LogP contribution in [0, 0.1) is 35.5 Å². The van der Waals surface area contributed by atoms with E-state index in [4.69, 9.17) is 0 Å². The molecule has 0 aromatic rings. The van der Waals surface area contributed by atoms with Crippen LogP contribution in [0.3, 0.4) is 0 Å². The second-order valence-electron chi connectivity index (χ2n) is 7.11. The molecule has 1 heteroatoms. The van der Waals surface area contributed by atoms with Gasteiger partial charge in [-0.15, -0.1) is 0 Å². The smallest absolute Gasteiger partial charge is 0.0163 e. The first-order chi connectivity index (χ1) is 8.43. The van der Waals surface area contributed by atoms with Gasteiger partial charge in [-0.1, -0.05) is 46.3 Å². The van der Waals surface area contributed by atoms with Crippen LogP contribution in [0.4, 0.5) is 0 Å². The zero-order chi connectivity index (χ0) is 13.4. The summed E-state index contributed by atoms with van der Waals surface area (Å²) < 4.78 is 0. The van der Waals surface area contributed by atoms with E-state index in [9.17, 15) is 0 Å². The summed E-state index contributed by atoms with van der Waals surface area (Å²) in [5, 5.41) is 0. The molecule has 104 valence electrons. The Morgan fingerprint density at radius 3 is 1.83 bits per heavy atom. The lowest BCUT2D eigenvalue weighted by Crippen LogP contribution is -2.43. The van der Waals surface area contributed by atoms with Gasteiger partial charge in [-0.3, -0.25) is 0 Å². The maximum Gasteiger partial charge on any atom is 0.0163 e. The minimum atomic E-state index is 0.833. The lowest BCUT2D eigenvalue weighted by molar-refractivity contribution is 0.0357. The molecule has 1 fully saturated rings. The third-order valence-electron chi connectivity index (χ3n) is 6.33. The Morgan fingerprint density at radius 2 is 1.39 bits per heavy atom. The molecule has 2 rings (SSSR count). The van der Waals surface area contributed by atoms with Gasteiger partial charge >= 0.3 is 0 Å². The molecule has 0 aromatic heterocycles. The highest BCUT2D eigenvalue weighted by molar-refractivity contribution is 5.15. The molecule has 4 atom stereocenters. The molecule has 4 unspecified atom stereocenters. The molecular formula is C17H31N. The van der Waals surface area contributed by atoms with Crippen LogP contribution in [0.5, 0.6) is 0 Å². The number of nitrogens with zero attached hydrogens (tertiary/aromatic N) is 1. The Morgan fingerprint density at radius 1 is 0.889 bits per heavy atom. The van der Waals surface area contributed by atoms with Gasteiger partial charge in [0, 0.05) is 13.1 Å². The first-order valence-corrected chi connectivity index (χ1v) is 7.81. The number of hydrogen-bond acceptors (Lipinski definition) is 1. The van der Waals surface area contributed by atoms with Crippen molar-refractivity contribution in [2.24, 2.45) is 35.5 Å². The van der Waals surface area contributed by atoms with Crippen molar-refractivity contribution in [1.29, 1.82) is 0 Å². The van der Waals surface area contributed by atoms with E-state index in [-0.39, 0.29) is 0 Å². The predicted molar refractivity (Wildman–Crippen MR) is 79.5 cm³/mol. The van der Waals surface area contributed by atoms with Gasteiger partial charge in [0.1, 0.15) is 0 Å². The quantitative estimate of drug-likeness (QED) is 0.634. The van der Waals surface area contributed by atoms with E-state index >= 15 is 0 Å². The summed E-state index contributed by atoms with van der Waals surface area (Å²) in [7, 11) is 2.23. The van der Waals surface area contributed by atoms with Crippen molar-refractivity contribution in [3.8, 4) is 0 Å². The third-order valence-corrected chi connectivity index (χ3v) is 6.33. The Hall–Kier alpha value is -0.300. The molecule has 18 heavy (non-hydrogen) atoms. The van der Waals surface area contributed by atoms with Crippen molar-refractivity contribution in [3.63, 3.8) is 0 Å². The van der Waals surface area contributed by atoms with Crippen LogP contribution in [0.2, 0.25) is 0 Å². The molecule has 0 amide bonds. The monoisotopic (exact) mass is 249 g/mol. The molecule has 2 aliphatic rings. The lowest BCUT2D eigenvalue weighted by Gasteiger charge is -2.49. The number of hydrogen-bond donors (Lipinski definition) is 0. The molecule has 0 N–H and O–H groups in total. The Bertz CT molecular complexity index is 304. The van der Waals surface area contributed by atoms with Gasteiger partial charge in [0.05, 0.1) is 0 Å². The summed E-state index contributed by atoms with van der Waals surface area (Å²) in [4.78, 5) is 2.43. The average Bonchev–Trinajstić information content (AvgIpc) is 2.36. The maximum absolute atomic E-state index is 2.52. The highest BCUT2D eigenvalue weighted by Crippen LogP contribution is 2.49. The van der Waals surface area contributed by atoms with Gasteiger partial charge in [-0.05, 0) is 49.0 Å². The minimum absolute atomic E-state index is 0.833. The molecular weight excluding hydrogens is 218 g/mol. The van der Waals surface area contributed by atoms with Crippen molar-refractivity contribution in [2.75, 3.05) is 20.1 Å². The van der Waals surface area contributed by atoms with Crippen LogP contribution in [-0.2, 0) is 0 Å². The fourth-order valence-corrected chi connectivity index (χ4v) is 4.33. The summed E-state index contributed by atoms with van der Waals surface area (Å²) in [6.07, 6.45) is 3.82. The van der Waals surface area contributed by atoms with Crippen molar-refractivity contribution in [1.82, 2.24) is 4.90 Å². The number of rotatable bonds is 1. The molecule has 1 aliphatic carbocycles. The van der Waals surface area contributed by atoms with Gasteiger partial charge in [0.25, 0.3) is 0 Å². The normalized spacial score (nSPS) is 46.9. The van der Waals surface area contributed by atoms with E-state index in [0.29, 0.717) is 0 Å². The Labute approximate surface area is 114 Å². The zero-order valence-corrected chi connectivity index (χ0v) is 13.1. The number of likely N-dealkylation sites (N-methyl/N-ethyl adjacent to an activating group) is 1. The standard InChI is InChI=1S/C17H31N/c1-11-12(2)14(4)17(15(5)13(11)3)16-7-9-18(6)10-8-16/h7,11-15,17H,8-10H2,1-6H3. The topological polar surface area (TPSA) is 3.24 Å². The summed E-state index contributed by atoms with van der Waals surface area (Å²) in [6.45, 7) is 14.8. The fourth-order valence-electron chi connectivity index (χ4n) is 4.33. The lowest BCUT2D eigenvalue weighted by atomic mass is 9.57. The summed E-state index contributed by atoms with van der Waals surface area (Å²) in [6, 6.07) is 0. The SMILES string of the molecule is CC1C(C)C(C)C(C2=CCN(C)CC2)C(C)C1C. The molecule has 1 aliphatic heterocycles. The van der Waals surface area contributed by atoms with E-state index < -0.39 is 0 Å². The second kappa shape index (κ2) is 5.36. The predicted octanol–water partition coefficient (Wildman–Crippen LogP) is 4.06. The molecule has 1 saturated carbocycles. The van der Waals surface area contributed by atoms with E-state index in [0.717, 1.165) is 42.1 Å². The molecule has 1 heterocycles. The second-order valence-corrected chi connectivity index (χ2v) is 7.11. The minimum Gasteiger partial charge on any atom is -0.302 e. The molecule has 1 nitrogen and oxygen atoms in total. The Kier molecular flexibility index (Phi) is 4.21. The van der Waals surface area contributed by atoms with Gasteiger partial charge in [-0.25, -0.2) is 0 Å². The average molecular weight is 249 g/mol. The van der Waals surface area contributed by atoms with Gasteiger partial charge < -0.3 is 4.90 Å². The van der Waals surface area contributed by atoms with Crippen LogP contribution in [0.1, 0.15) is 41.0 Å². The molecule has 0 spiro atoms. The van der Waals surface area contributed by atoms with E-state index in [2.05, 4.69) is 52.6 Å². The van der Waals surface area contributed by atoms with Gasteiger partial charge in [0.15, 0.2) is 0 Å². The van der Waals surface area contributed by atoms with E-state index in [1.807, 2.05) is 0 Å². The Balaban J connectivity index is 2.20. The van der Waals surface area contributed by atoms with Gasteiger partial charge in [0.2, 0.25) is 0 Å². The van der Waals surface area contributed by atoms with Crippen molar-refractivity contribution < 1.29 is 0 Å². The van der Waals surface area contributed by atoms with Crippen LogP contribution in [0.15, 0.2) is 11.6 Å². The molecule has 0 radical (unpaired) electrons. The largest absolute Gasteiger partial charge is 0.302 e. The van der Waals surface area contributed by atoms with E-state index in [1.165, 1.54) is 13.0 Å². The first kappa shape index (κ1) is 14.1. The van der Waals surface area contributed by atoms with Crippen LogP contribution in [-0.4, -0.2) is 25.0 Å². The summed E-state index contributed by atoms with van der Waals surface area (Å²) in [5.74, 6) is 5.13. The van der Waals surface area contributed by atoms with Crippen LogP contribution >= 0.6 is 0 Å². The molecule has 0 aromatic carbocycles. The molecule has 0 bridgehead atoms. The molecule has 0 saturated heterocycles. The van der Waals surface area contributed by atoms with Crippen LogP contribution in [0.25, 0.3) is 0 Å². The van der Waals surface area contributed by atoms with Crippen molar-refractivity contribution in [3.05, 3.63) is 11.6 Å². The zero-order valence-electron chi connectivity index (χ0n) is 13.1. The maximum atomic E-state index is 2.52. The third kappa shape index (κ3) is 2.39. The van der Waals surface area contributed by atoms with Crippen LogP contribution < -0.4 is 0 Å². The fraction of sp³-hybridized carbons (Fsp3) is 0.882. The summed E-state index contributed by atoms with van der Waals surface area (Å²) >= 11 is 0. The summed E-state index contributed by atoms with van der Waals surface area (Å²) in [5.41, 5.74) is 1.76. The first-order valence-electron chi connectivity index (χ1n) is 7.81. The van der Waals surface area contributed by atoms with Gasteiger partial charge in [-0.2, -0.15) is 0 Å². The van der Waals surface area contributed by atoms with Crippen molar-refractivity contribution in [2.45, 2.75) is 41.0 Å². The van der Waals surface area contributed by atoms with Crippen molar-refractivity contribution >= 4 is 0 Å². The van der Waals surface area contributed by atoms with E-state index in [1.54, 1.807) is 5.57 Å².